The molecule has 5 heteroatoms. The third kappa shape index (κ3) is 2.18. The number of rotatable bonds is 1. The van der Waals surface area contributed by atoms with Crippen molar-refractivity contribution < 1.29 is 8.78 Å². The molecule has 2 aromatic rings. The van der Waals surface area contributed by atoms with E-state index in [1.165, 1.54) is 12.4 Å². The highest BCUT2D eigenvalue weighted by Crippen LogP contribution is 2.20. The van der Waals surface area contributed by atoms with E-state index in [1.54, 1.807) is 6.07 Å². The molecule has 0 radical (unpaired) electrons. The topological polar surface area (TPSA) is 25.8 Å². The Bertz CT molecular complexity index is 503. The molecule has 0 spiro atoms. The highest BCUT2D eigenvalue weighted by atomic mass is 79.9. The zero-order chi connectivity index (χ0) is 10.8. The third-order valence-corrected chi connectivity index (χ3v) is 2.28. The predicted octanol–water partition coefficient (Wildman–Crippen LogP) is 3.18. The second-order valence-corrected chi connectivity index (χ2v) is 3.67. The van der Waals surface area contributed by atoms with Gasteiger partial charge in [0.1, 0.15) is 10.9 Å². The maximum absolute atomic E-state index is 12.9. The second kappa shape index (κ2) is 4.02. The quantitative estimate of drug-likeness (QED) is 0.744. The Kier molecular flexibility index (Phi) is 2.73. The molecule has 15 heavy (non-hydrogen) atoms. The van der Waals surface area contributed by atoms with Gasteiger partial charge >= 0.3 is 0 Å². The fourth-order valence-electron chi connectivity index (χ4n) is 1.15. The molecule has 0 amide bonds. The van der Waals surface area contributed by atoms with Crippen LogP contribution in [0.4, 0.5) is 8.78 Å². The number of nitrogens with zero attached hydrogens (tertiary/aromatic N) is 2. The minimum absolute atomic E-state index is 0.511. The molecule has 1 heterocycles. The maximum atomic E-state index is 12.9. The van der Waals surface area contributed by atoms with Gasteiger partial charge in [-0.15, -0.1) is 0 Å². The zero-order valence-corrected chi connectivity index (χ0v) is 9.00. The van der Waals surface area contributed by atoms with Gasteiger partial charge in [0.25, 0.3) is 0 Å². The van der Waals surface area contributed by atoms with E-state index in [1.807, 2.05) is 0 Å². The minimum atomic E-state index is -0.887. The van der Waals surface area contributed by atoms with Crippen molar-refractivity contribution in [2.24, 2.45) is 0 Å². The summed E-state index contributed by atoms with van der Waals surface area (Å²) in [7, 11) is 0. The first-order valence-electron chi connectivity index (χ1n) is 4.10. The summed E-state index contributed by atoms with van der Waals surface area (Å²) in [6.07, 6.45) is 1.35. The van der Waals surface area contributed by atoms with Crippen LogP contribution in [0.1, 0.15) is 0 Å². The van der Waals surface area contributed by atoms with Gasteiger partial charge in [-0.1, -0.05) is 0 Å². The molecular weight excluding hydrogens is 266 g/mol. The Morgan fingerprint density at radius 3 is 2.47 bits per heavy atom. The van der Waals surface area contributed by atoms with Crippen LogP contribution in [-0.2, 0) is 0 Å². The molecule has 0 bridgehead atoms. The summed E-state index contributed by atoms with van der Waals surface area (Å²) in [6.45, 7) is 0. The van der Waals surface area contributed by atoms with Crippen LogP contribution in [-0.4, -0.2) is 9.97 Å². The molecule has 76 valence electrons. The van der Waals surface area contributed by atoms with E-state index in [-0.39, 0.29) is 0 Å². The monoisotopic (exact) mass is 270 g/mol. The summed E-state index contributed by atoms with van der Waals surface area (Å²) in [4.78, 5) is 7.79. The Labute approximate surface area is 93.1 Å². The van der Waals surface area contributed by atoms with Crippen molar-refractivity contribution in [3.63, 3.8) is 0 Å². The summed E-state index contributed by atoms with van der Waals surface area (Å²) in [5, 5.41) is 0. The van der Waals surface area contributed by atoms with Gasteiger partial charge < -0.3 is 0 Å². The lowest BCUT2D eigenvalue weighted by molar-refractivity contribution is 0.509. The van der Waals surface area contributed by atoms with Gasteiger partial charge in [0.05, 0.1) is 5.69 Å². The fraction of sp³-hybridized carbons (Fsp3) is 0. The first-order chi connectivity index (χ1) is 7.16. The average molecular weight is 271 g/mol. The Morgan fingerprint density at radius 2 is 1.80 bits per heavy atom. The minimum Gasteiger partial charge on any atom is -0.236 e. The van der Waals surface area contributed by atoms with Crippen LogP contribution in [0.25, 0.3) is 11.3 Å². The van der Waals surface area contributed by atoms with Crippen LogP contribution in [0, 0.1) is 11.6 Å². The van der Waals surface area contributed by atoms with E-state index in [0.717, 1.165) is 12.1 Å². The second-order valence-electron chi connectivity index (χ2n) is 2.85. The summed E-state index contributed by atoms with van der Waals surface area (Å²) in [6, 6.07) is 5.27. The maximum Gasteiger partial charge on any atom is 0.159 e. The Balaban J connectivity index is 2.50. The van der Waals surface area contributed by atoms with Crippen molar-refractivity contribution in [3.05, 3.63) is 46.8 Å². The molecule has 0 N–H and O–H groups in total. The number of hydrogen-bond donors (Lipinski definition) is 0. The van der Waals surface area contributed by atoms with Crippen molar-refractivity contribution in [1.82, 2.24) is 9.97 Å². The van der Waals surface area contributed by atoms with Gasteiger partial charge in [-0.05, 0) is 40.2 Å². The average Bonchev–Trinajstić information content (AvgIpc) is 2.22. The SMILES string of the molecule is Fc1ccc(-c2cc(Br)ncn2)cc1F. The lowest BCUT2D eigenvalue weighted by Gasteiger charge is -2.01. The molecule has 0 aliphatic heterocycles. The standard InChI is InChI=1S/C10H5BrF2N2/c11-10-4-9(14-5-15-10)6-1-2-7(12)8(13)3-6/h1-5H. The van der Waals surface area contributed by atoms with E-state index >= 15 is 0 Å². The lowest BCUT2D eigenvalue weighted by atomic mass is 10.1. The lowest BCUT2D eigenvalue weighted by Crippen LogP contribution is -1.89. The van der Waals surface area contributed by atoms with E-state index in [0.29, 0.717) is 15.9 Å². The molecule has 0 aliphatic carbocycles. The summed E-state index contributed by atoms with van der Waals surface area (Å²) in [5.74, 6) is -1.76. The van der Waals surface area contributed by atoms with Crippen LogP contribution in [0.15, 0.2) is 35.2 Å². The highest BCUT2D eigenvalue weighted by molar-refractivity contribution is 9.10. The number of aromatic nitrogens is 2. The Hall–Kier alpha value is -1.36. The van der Waals surface area contributed by atoms with Crippen molar-refractivity contribution in [2.45, 2.75) is 0 Å². The van der Waals surface area contributed by atoms with Crippen molar-refractivity contribution in [3.8, 4) is 11.3 Å². The van der Waals surface area contributed by atoms with Gasteiger partial charge in [-0.2, -0.15) is 0 Å². The van der Waals surface area contributed by atoms with Crippen molar-refractivity contribution in [1.29, 1.82) is 0 Å². The molecule has 0 saturated carbocycles. The van der Waals surface area contributed by atoms with E-state index in [4.69, 9.17) is 0 Å². The fourth-order valence-corrected chi connectivity index (χ4v) is 1.46. The third-order valence-electron chi connectivity index (χ3n) is 1.85. The van der Waals surface area contributed by atoms with Gasteiger partial charge in [0.15, 0.2) is 11.6 Å². The van der Waals surface area contributed by atoms with Gasteiger partial charge in [-0.25, -0.2) is 18.7 Å². The smallest absolute Gasteiger partial charge is 0.159 e. The molecule has 0 unspecified atom stereocenters. The van der Waals surface area contributed by atoms with E-state index in [2.05, 4.69) is 25.9 Å². The van der Waals surface area contributed by atoms with Crippen molar-refractivity contribution >= 4 is 15.9 Å². The van der Waals surface area contributed by atoms with E-state index < -0.39 is 11.6 Å². The molecule has 1 aromatic carbocycles. The van der Waals surface area contributed by atoms with E-state index in [9.17, 15) is 8.78 Å². The molecule has 0 fully saturated rings. The molecule has 2 rings (SSSR count). The molecule has 0 saturated heterocycles. The van der Waals surface area contributed by atoms with Crippen LogP contribution in [0.2, 0.25) is 0 Å². The molecule has 0 atom stereocenters. The van der Waals surface area contributed by atoms with Crippen LogP contribution in [0.3, 0.4) is 0 Å². The molecule has 0 aliphatic rings. The van der Waals surface area contributed by atoms with Crippen LogP contribution >= 0.6 is 15.9 Å². The highest BCUT2D eigenvalue weighted by Gasteiger charge is 2.05. The summed E-state index contributed by atoms with van der Waals surface area (Å²) >= 11 is 3.17. The zero-order valence-electron chi connectivity index (χ0n) is 7.42. The van der Waals surface area contributed by atoms with Crippen LogP contribution < -0.4 is 0 Å². The first-order valence-corrected chi connectivity index (χ1v) is 4.89. The number of hydrogen-bond acceptors (Lipinski definition) is 2. The van der Waals surface area contributed by atoms with Crippen molar-refractivity contribution in [2.75, 3.05) is 0 Å². The normalized spacial score (nSPS) is 10.3. The van der Waals surface area contributed by atoms with Gasteiger partial charge in [0.2, 0.25) is 0 Å². The summed E-state index contributed by atoms with van der Waals surface area (Å²) < 4.78 is 26.2. The largest absolute Gasteiger partial charge is 0.236 e. The Morgan fingerprint density at radius 1 is 1.00 bits per heavy atom. The van der Waals surface area contributed by atoms with Gasteiger partial charge in [0, 0.05) is 5.56 Å². The van der Waals surface area contributed by atoms with Gasteiger partial charge in [-0.3, -0.25) is 0 Å². The van der Waals surface area contributed by atoms with Crippen LogP contribution in [0.5, 0.6) is 0 Å². The molecule has 2 nitrogen and oxygen atoms in total. The summed E-state index contributed by atoms with van der Waals surface area (Å²) in [5.41, 5.74) is 1.05. The molecular formula is C10H5BrF2N2. The number of benzene rings is 1. The first kappa shape index (κ1) is 10.2. The molecule has 1 aromatic heterocycles. The predicted molar refractivity (Wildman–Crippen MR) is 55.1 cm³/mol. The number of halogens is 3.